The predicted molar refractivity (Wildman–Crippen MR) is 76.8 cm³/mol. The van der Waals surface area contributed by atoms with Crippen molar-refractivity contribution in [3.8, 4) is 0 Å². The molecule has 0 heterocycles. The van der Waals surface area contributed by atoms with E-state index in [2.05, 4.69) is 10.7 Å². The Labute approximate surface area is 121 Å². The smallest absolute Gasteiger partial charge is 0.282 e. The molecule has 0 unspecified atom stereocenters. The van der Waals surface area contributed by atoms with Gasteiger partial charge < -0.3 is 15.5 Å². The number of benzene rings is 1. The number of nitrogens with zero attached hydrogens (tertiary/aromatic N) is 1. The molecule has 0 aromatic heterocycles. The summed E-state index contributed by atoms with van der Waals surface area (Å²) in [6, 6.07) is 4.03. The van der Waals surface area contributed by atoms with Gasteiger partial charge >= 0.3 is 0 Å². The van der Waals surface area contributed by atoms with Crippen LogP contribution in [-0.4, -0.2) is 30.6 Å². The van der Waals surface area contributed by atoms with Crippen LogP contribution in [0.4, 0.5) is 11.4 Å². The van der Waals surface area contributed by atoms with Crippen LogP contribution < -0.4 is 16.6 Å². The van der Waals surface area contributed by atoms with E-state index >= 15 is 0 Å². The molecule has 0 atom stereocenters. The molecule has 8 heteroatoms. The lowest BCUT2D eigenvalue weighted by atomic mass is 10.1. The van der Waals surface area contributed by atoms with E-state index in [9.17, 15) is 14.9 Å². The van der Waals surface area contributed by atoms with Gasteiger partial charge in [-0.2, -0.15) is 0 Å². The van der Waals surface area contributed by atoms with Gasteiger partial charge in [0.1, 0.15) is 5.56 Å². The molecule has 1 aromatic carbocycles. The van der Waals surface area contributed by atoms with Crippen molar-refractivity contribution in [3.63, 3.8) is 0 Å². The number of amides is 1. The van der Waals surface area contributed by atoms with E-state index in [1.807, 2.05) is 0 Å². The Kier molecular flexibility index (Phi) is 5.07. The minimum atomic E-state index is -0.598. The fourth-order valence-electron chi connectivity index (χ4n) is 1.83. The molecule has 4 N–H and O–H groups in total. The lowest BCUT2D eigenvalue weighted by Gasteiger charge is -2.08. The van der Waals surface area contributed by atoms with Crippen molar-refractivity contribution in [3.05, 3.63) is 33.9 Å². The fraction of sp³-hybridized carbons (Fsp3) is 0.462. The molecule has 0 spiro atoms. The molecule has 0 aliphatic heterocycles. The number of carbonyl (C=O) groups is 1. The van der Waals surface area contributed by atoms with Crippen LogP contribution in [0.25, 0.3) is 0 Å². The summed E-state index contributed by atoms with van der Waals surface area (Å²) >= 11 is 0. The van der Waals surface area contributed by atoms with Crippen LogP contribution in [0.1, 0.15) is 23.2 Å². The number of anilines is 1. The number of nitro groups is 1. The third-order valence-electron chi connectivity index (χ3n) is 3.19. The van der Waals surface area contributed by atoms with Gasteiger partial charge in [0.05, 0.1) is 11.5 Å². The molecule has 1 saturated carbocycles. The maximum Gasteiger partial charge on any atom is 0.282 e. The zero-order valence-electron chi connectivity index (χ0n) is 11.5. The number of rotatable bonds is 8. The summed E-state index contributed by atoms with van der Waals surface area (Å²) in [6.45, 7) is 1.41. The number of nitro benzene ring substituents is 1. The minimum Gasteiger partial charge on any atom is -0.379 e. The zero-order chi connectivity index (χ0) is 15.2. The third kappa shape index (κ3) is 4.40. The second-order valence-corrected chi connectivity index (χ2v) is 4.91. The van der Waals surface area contributed by atoms with Crippen molar-refractivity contribution in [2.45, 2.75) is 12.8 Å². The van der Waals surface area contributed by atoms with Crippen molar-refractivity contribution in [2.75, 3.05) is 25.2 Å². The first-order chi connectivity index (χ1) is 10.1. The first kappa shape index (κ1) is 15.2. The van der Waals surface area contributed by atoms with Crippen molar-refractivity contribution in [1.29, 1.82) is 0 Å². The first-order valence-corrected chi connectivity index (χ1v) is 6.73. The average Bonchev–Trinajstić information content (AvgIpc) is 3.30. The SMILES string of the molecule is NNc1ccc([N+](=O)[O-])c(C(=O)NCCOCC2CC2)c1. The summed E-state index contributed by atoms with van der Waals surface area (Å²) in [7, 11) is 0. The van der Waals surface area contributed by atoms with E-state index < -0.39 is 10.8 Å². The van der Waals surface area contributed by atoms with Crippen LogP contribution in [-0.2, 0) is 4.74 Å². The van der Waals surface area contributed by atoms with Gasteiger partial charge in [-0.15, -0.1) is 0 Å². The summed E-state index contributed by atoms with van der Waals surface area (Å²) in [5.74, 6) is 5.39. The number of nitrogens with one attached hydrogen (secondary N) is 2. The second kappa shape index (κ2) is 7.00. The normalized spacial score (nSPS) is 13.8. The van der Waals surface area contributed by atoms with Crippen molar-refractivity contribution in [2.24, 2.45) is 11.8 Å². The van der Waals surface area contributed by atoms with E-state index in [-0.39, 0.29) is 11.3 Å². The standard InChI is InChI=1S/C13H18N4O4/c14-16-10-3-4-12(17(19)20)11(7-10)13(18)15-5-6-21-8-9-1-2-9/h3-4,7,9,16H,1-2,5-6,8,14H2,(H,15,18). The highest BCUT2D eigenvalue weighted by atomic mass is 16.6. The lowest BCUT2D eigenvalue weighted by Crippen LogP contribution is -2.28. The summed E-state index contributed by atoms with van der Waals surface area (Å²) in [6.07, 6.45) is 2.41. The zero-order valence-corrected chi connectivity index (χ0v) is 11.5. The van der Waals surface area contributed by atoms with E-state index in [0.29, 0.717) is 31.4 Å². The molecule has 8 nitrogen and oxygen atoms in total. The number of hydrogen-bond donors (Lipinski definition) is 3. The Morgan fingerprint density at radius 1 is 1.48 bits per heavy atom. The minimum absolute atomic E-state index is 0.0300. The fourth-order valence-corrected chi connectivity index (χ4v) is 1.83. The summed E-state index contributed by atoms with van der Waals surface area (Å²) in [5.41, 5.74) is 2.49. The number of hydrogen-bond acceptors (Lipinski definition) is 6. The maximum absolute atomic E-state index is 12.0. The molecule has 1 aliphatic rings. The van der Waals surface area contributed by atoms with E-state index in [0.717, 1.165) is 0 Å². The van der Waals surface area contributed by atoms with Gasteiger partial charge in [0.15, 0.2) is 0 Å². The molecule has 2 rings (SSSR count). The van der Waals surface area contributed by atoms with Crippen molar-refractivity contribution < 1.29 is 14.5 Å². The van der Waals surface area contributed by atoms with Gasteiger partial charge in [-0.3, -0.25) is 20.8 Å². The number of nitrogen functional groups attached to an aromatic ring is 1. The molecular weight excluding hydrogens is 276 g/mol. The molecule has 0 bridgehead atoms. The monoisotopic (exact) mass is 294 g/mol. The Morgan fingerprint density at radius 3 is 2.86 bits per heavy atom. The Balaban J connectivity index is 1.91. The van der Waals surface area contributed by atoms with Gasteiger partial charge in [0, 0.05) is 24.9 Å². The molecule has 1 aliphatic carbocycles. The summed E-state index contributed by atoms with van der Waals surface area (Å²) < 4.78 is 5.39. The third-order valence-corrected chi connectivity index (χ3v) is 3.19. The van der Waals surface area contributed by atoms with Crippen LogP contribution >= 0.6 is 0 Å². The molecule has 1 fully saturated rings. The number of nitrogens with two attached hydrogens (primary N) is 1. The van der Waals surface area contributed by atoms with Gasteiger partial charge in [0.25, 0.3) is 11.6 Å². The molecule has 0 radical (unpaired) electrons. The largest absolute Gasteiger partial charge is 0.379 e. The van der Waals surface area contributed by atoms with E-state index in [1.54, 1.807) is 0 Å². The molecule has 1 aromatic rings. The second-order valence-electron chi connectivity index (χ2n) is 4.91. The predicted octanol–water partition coefficient (Wildman–Crippen LogP) is 1.04. The number of hydrazine groups is 1. The van der Waals surface area contributed by atoms with Crippen LogP contribution in [0.15, 0.2) is 18.2 Å². The van der Waals surface area contributed by atoms with Crippen LogP contribution in [0.3, 0.4) is 0 Å². The summed E-state index contributed by atoms with van der Waals surface area (Å²) in [4.78, 5) is 22.3. The molecular formula is C13H18N4O4. The van der Waals surface area contributed by atoms with Crippen molar-refractivity contribution in [1.82, 2.24) is 5.32 Å². The molecule has 21 heavy (non-hydrogen) atoms. The molecule has 0 saturated heterocycles. The summed E-state index contributed by atoms with van der Waals surface area (Å²) in [5, 5.41) is 13.5. The van der Waals surface area contributed by atoms with Crippen LogP contribution in [0, 0.1) is 16.0 Å². The lowest BCUT2D eigenvalue weighted by molar-refractivity contribution is -0.385. The number of carbonyl (C=O) groups excluding carboxylic acids is 1. The van der Waals surface area contributed by atoms with Crippen LogP contribution in [0.5, 0.6) is 0 Å². The number of ether oxygens (including phenoxy) is 1. The van der Waals surface area contributed by atoms with E-state index in [1.165, 1.54) is 31.0 Å². The highest BCUT2D eigenvalue weighted by Gasteiger charge is 2.22. The molecule has 114 valence electrons. The highest BCUT2D eigenvalue weighted by Crippen LogP contribution is 2.28. The maximum atomic E-state index is 12.0. The average molecular weight is 294 g/mol. The Morgan fingerprint density at radius 2 is 2.24 bits per heavy atom. The van der Waals surface area contributed by atoms with Crippen LogP contribution in [0.2, 0.25) is 0 Å². The first-order valence-electron chi connectivity index (χ1n) is 6.73. The van der Waals surface area contributed by atoms with Gasteiger partial charge in [-0.25, -0.2) is 0 Å². The van der Waals surface area contributed by atoms with Gasteiger partial charge in [-0.05, 0) is 30.9 Å². The Bertz CT molecular complexity index is 531. The van der Waals surface area contributed by atoms with Crippen molar-refractivity contribution >= 4 is 17.3 Å². The Hall–Kier alpha value is -2.19. The quantitative estimate of drug-likeness (QED) is 0.285. The topological polar surface area (TPSA) is 120 Å². The van der Waals surface area contributed by atoms with E-state index in [4.69, 9.17) is 10.6 Å². The molecule has 1 amide bonds. The van der Waals surface area contributed by atoms with Gasteiger partial charge in [0.2, 0.25) is 0 Å². The highest BCUT2D eigenvalue weighted by molar-refractivity contribution is 5.99. The van der Waals surface area contributed by atoms with Gasteiger partial charge in [-0.1, -0.05) is 0 Å².